The van der Waals surface area contributed by atoms with Crippen molar-refractivity contribution in [1.29, 1.82) is 0 Å². The zero-order valence-corrected chi connectivity index (χ0v) is 13.0. The van der Waals surface area contributed by atoms with Crippen molar-refractivity contribution in [1.82, 2.24) is 0 Å². The monoisotopic (exact) mass is 381 g/mol. The van der Waals surface area contributed by atoms with Gasteiger partial charge in [-0.2, -0.15) is 0 Å². The minimum absolute atomic E-state index is 0.214. The van der Waals surface area contributed by atoms with Crippen molar-refractivity contribution in [3.05, 3.63) is 69.1 Å². The van der Waals surface area contributed by atoms with E-state index in [0.717, 1.165) is 14.8 Å². The number of carbonyl (C=O) groups is 1. The van der Waals surface area contributed by atoms with Gasteiger partial charge in [0.2, 0.25) is 5.91 Å². The van der Waals surface area contributed by atoms with Gasteiger partial charge < -0.3 is 5.32 Å². The summed E-state index contributed by atoms with van der Waals surface area (Å²) in [6.07, 6.45) is 3.08. The van der Waals surface area contributed by atoms with E-state index < -0.39 is 0 Å². The number of amides is 1. The van der Waals surface area contributed by atoms with Crippen LogP contribution < -0.4 is 5.32 Å². The Bertz CT molecular complexity index is 650. The summed E-state index contributed by atoms with van der Waals surface area (Å²) < 4.78 is 13.8. The Hall–Kier alpha value is -1.69. The zero-order valence-electron chi connectivity index (χ0n) is 10.9. The fourth-order valence-corrected chi connectivity index (χ4v) is 2.12. The number of benzene rings is 2. The van der Waals surface area contributed by atoms with Gasteiger partial charge in [-0.15, -0.1) is 0 Å². The van der Waals surface area contributed by atoms with E-state index in [1.807, 2.05) is 25.1 Å². The number of anilines is 1. The maximum absolute atomic E-state index is 12.7. The molecule has 0 aliphatic carbocycles. The van der Waals surface area contributed by atoms with E-state index in [2.05, 4.69) is 27.9 Å². The van der Waals surface area contributed by atoms with Crippen LogP contribution in [0.25, 0.3) is 6.08 Å². The summed E-state index contributed by atoms with van der Waals surface area (Å²) >= 11 is 2.23. The molecular weight excluding hydrogens is 368 g/mol. The average molecular weight is 381 g/mol. The van der Waals surface area contributed by atoms with Crippen LogP contribution in [0.15, 0.2) is 48.5 Å². The smallest absolute Gasteiger partial charge is 0.248 e. The first kappa shape index (κ1) is 14.7. The molecule has 0 spiro atoms. The van der Waals surface area contributed by atoms with Gasteiger partial charge in [0.05, 0.1) is 0 Å². The fraction of sp³-hybridized carbons (Fsp3) is 0.0625. The minimum atomic E-state index is -0.291. The average Bonchev–Trinajstić information content (AvgIpc) is 2.42. The first-order chi connectivity index (χ1) is 9.54. The van der Waals surface area contributed by atoms with Crippen LogP contribution in [0.1, 0.15) is 11.1 Å². The van der Waals surface area contributed by atoms with Crippen LogP contribution >= 0.6 is 22.6 Å². The highest BCUT2D eigenvalue weighted by Gasteiger charge is 2.00. The van der Waals surface area contributed by atoms with Crippen molar-refractivity contribution in [2.75, 3.05) is 5.32 Å². The number of carbonyl (C=O) groups excluding carboxylic acids is 1. The van der Waals surface area contributed by atoms with Gasteiger partial charge in [-0.05, 0) is 71.0 Å². The number of nitrogens with one attached hydrogen (secondary N) is 1. The van der Waals surface area contributed by atoms with E-state index in [4.69, 9.17) is 0 Å². The molecule has 2 aromatic rings. The molecule has 0 saturated carbocycles. The predicted octanol–water partition coefficient (Wildman–Crippen LogP) is 4.39. The minimum Gasteiger partial charge on any atom is -0.322 e. The van der Waals surface area contributed by atoms with E-state index in [1.165, 1.54) is 23.8 Å². The fourth-order valence-electron chi connectivity index (χ4n) is 1.60. The van der Waals surface area contributed by atoms with Gasteiger partial charge in [-0.3, -0.25) is 4.79 Å². The Morgan fingerprint density at radius 3 is 2.55 bits per heavy atom. The van der Waals surface area contributed by atoms with E-state index in [9.17, 15) is 9.18 Å². The molecule has 1 amide bonds. The van der Waals surface area contributed by atoms with Crippen LogP contribution in [0.3, 0.4) is 0 Å². The van der Waals surface area contributed by atoms with Gasteiger partial charge in [0.1, 0.15) is 5.82 Å². The summed E-state index contributed by atoms with van der Waals surface area (Å²) in [5.41, 5.74) is 2.71. The van der Waals surface area contributed by atoms with Crippen LogP contribution in [0.4, 0.5) is 10.1 Å². The Labute approximate surface area is 130 Å². The van der Waals surface area contributed by atoms with Crippen molar-refractivity contribution in [2.45, 2.75) is 6.92 Å². The molecule has 20 heavy (non-hydrogen) atoms. The number of hydrogen-bond acceptors (Lipinski definition) is 1. The highest BCUT2D eigenvalue weighted by Crippen LogP contribution is 2.17. The number of hydrogen-bond donors (Lipinski definition) is 1. The summed E-state index contributed by atoms with van der Waals surface area (Å²) in [5, 5.41) is 2.79. The van der Waals surface area contributed by atoms with Crippen molar-refractivity contribution in [2.24, 2.45) is 0 Å². The molecule has 4 heteroatoms. The van der Waals surface area contributed by atoms with E-state index in [1.54, 1.807) is 18.2 Å². The summed E-state index contributed by atoms with van der Waals surface area (Å²) in [4.78, 5) is 11.8. The van der Waals surface area contributed by atoms with Gasteiger partial charge in [0.25, 0.3) is 0 Å². The molecule has 0 radical (unpaired) electrons. The molecule has 0 atom stereocenters. The highest BCUT2D eigenvalue weighted by atomic mass is 127. The van der Waals surface area contributed by atoms with Crippen molar-refractivity contribution in [3.63, 3.8) is 0 Å². The second-order valence-electron chi connectivity index (χ2n) is 4.34. The normalized spacial score (nSPS) is 10.8. The lowest BCUT2D eigenvalue weighted by atomic mass is 10.2. The third-order valence-corrected chi connectivity index (χ3v) is 3.90. The molecule has 0 aliphatic rings. The van der Waals surface area contributed by atoms with Crippen LogP contribution in [0, 0.1) is 16.3 Å². The number of rotatable bonds is 3. The molecule has 1 N–H and O–H groups in total. The molecule has 0 heterocycles. The van der Waals surface area contributed by atoms with Crippen molar-refractivity contribution >= 4 is 40.3 Å². The maximum atomic E-state index is 12.7. The largest absolute Gasteiger partial charge is 0.322 e. The zero-order chi connectivity index (χ0) is 14.5. The summed E-state index contributed by atoms with van der Waals surface area (Å²) in [7, 11) is 0. The Kier molecular flexibility index (Phi) is 4.89. The lowest BCUT2D eigenvalue weighted by molar-refractivity contribution is -0.111. The van der Waals surface area contributed by atoms with E-state index in [-0.39, 0.29) is 11.7 Å². The van der Waals surface area contributed by atoms with Crippen LogP contribution in [-0.2, 0) is 4.79 Å². The second kappa shape index (κ2) is 6.65. The first-order valence-corrected chi connectivity index (χ1v) is 7.13. The molecule has 2 aromatic carbocycles. The quantitative estimate of drug-likeness (QED) is 0.620. The maximum Gasteiger partial charge on any atom is 0.248 e. The topological polar surface area (TPSA) is 29.1 Å². The standard InChI is InChI=1S/C16H13FINO/c1-11-2-8-14(10-15(11)18)19-16(20)9-5-12-3-6-13(17)7-4-12/h2-10H,1H3,(H,19,20). The molecule has 0 fully saturated rings. The SMILES string of the molecule is Cc1ccc(NC(=O)C=Cc2ccc(F)cc2)cc1I. The molecular formula is C16H13FINO. The highest BCUT2D eigenvalue weighted by molar-refractivity contribution is 14.1. The Morgan fingerprint density at radius 1 is 1.20 bits per heavy atom. The number of halogens is 2. The Balaban J connectivity index is 2.01. The summed E-state index contributed by atoms with van der Waals surface area (Å²) in [6.45, 7) is 2.02. The van der Waals surface area contributed by atoms with E-state index >= 15 is 0 Å². The predicted molar refractivity (Wildman–Crippen MR) is 88.0 cm³/mol. The van der Waals surface area contributed by atoms with Gasteiger partial charge >= 0.3 is 0 Å². The molecule has 0 aliphatic heterocycles. The lowest BCUT2D eigenvalue weighted by Gasteiger charge is -2.04. The first-order valence-electron chi connectivity index (χ1n) is 6.05. The van der Waals surface area contributed by atoms with E-state index in [0.29, 0.717) is 0 Å². The second-order valence-corrected chi connectivity index (χ2v) is 5.50. The van der Waals surface area contributed by atoms with Crippen LogP contribution in [-0.4, -0.2) is 5.91 Å². The Morgan fingerprint density at radius 2 is 1.90 bits per heavy atom. The molecule has 2 nitrogen and oxygen atoms in total. The van der Waals surface area contributed by atoms with Gasteiger partial charge in [0, 0.05) is 15.3 Å². The molecule has 0 aromatic heterocycles. The third kappa shape index (κ3) is 4.16. The van der Waals surface area contributed by atoms with Crippen LogP contribution in [0.2, 0.25) is 0 Å². The third-order valence-electron chi connectivity index (χ3n) is 2.74. The summed E-state index contributed by atoms with van der Waals surface area (Å²) in [5.74, 6) is -0.505. The van der Waals surface area contributed by atoms with Crippen LogP contribution in [0.5, 0.6) is 0 Å². The van der Waals surface area contributed by atoms with Crippen molar-refractivity contribution in [3.8, 4) is 0 Å². The summed E-state index contributed by atoms with van der Waals surface area (Å²) in [6, 6.07) is 11.7. The molecule has 2 rings (SSSR count). The molecule has 102 valence electrons. The number of aryl methyl sites for hydroxylation is 1. The molecule has 0 saturated heterocycles. The van der Waals surface area contributed by atoms with Gasteiger partial charge in [-0.25, -0.2) is 4.39 Å². The van der Waals surface area contributed by atoms with Gasteiger partial charge in [0.15, 0.2) is 0 Å². The van der Waals surface area contributed by atoms with Crippen molar-refractivity contribution < 1.29 is 9.18 Å². The lowest BCUT2D eigenvalue weighted by Crippen LogP contribution is -2.07. The molecule has 0 bridgehead atoms. The van der Waals surface area contributed by atoms with Gasteiger partial charge in [-0.1, -0.05) is 18.2 Å². The molecule has 0 unspecified atom stereocenters.